The fraction of sp³-hybridized carbons (Fsp3) is 0.200. The molecule has 1 nitrogen and oxygen atoms in total. The fourth-order valence-electron chi connectivity index (χ4n) is 1.94. The maximum atomic E-state index is 13.7. The molecule has 0 saturated carbocycles. The third-order valence-electron chi connectivity index (χ3n) is 3.19. The molecule has 0 fully saturated rings. The van der Waals surface area contributed by atoms with Crippen LogP contribution in [0.1, 0.15) is 28.3 Å². The first-order valence-electron chi connectivity index (χ1n) is 5.77. The van der Waals surface area contributed by atoms with E-state index in [1.807, 2.05) is 26.0 Å². The summed E-state index contributed by atoms with van der Waals surface area (Å²) in [5.74, 6) is -0.306. The maximum Gasteiger partial charge on any atom is 0.128 e. The van der Waals surface area contributed by atoms with Crippen molar-refractivity contribution in [2.75, 3.05) is 0 Å². The van der Waals surface area contributed by atoms with Crippen molar-refractivity contribution in [1.82, 2.24) is 0 Å². The molecule has 0 heterocycles. The Hall–Kier alpha value is -1.38. The van der Waals surface area contributed by atoms with E-state index in [0.29, 0.717) is 10.6 Å². The summed E-state index contributed by atoms with van der Waals surface area (Å²) in [6.45, 7) is 3.98. The molecule has 1 unspecified atom stereocenters. The van der Waals surface area contributed by atoms with Crippen LogP contribution in [-0.2, 0) is 0 Å². The summed E-state index contributed by atoms with van der Waals surface area (Å²) in [5, 5.41) is 0.578. The molecule has 1 atom stereocenters. The molecule has 0 saturated heterocycles. The van der Waals surface area contributed by atoms with Gasteiger partial charge >= 0.3 is 0 Å². The van der Waals surface area contributed by atoms with Crippen molar-refractivity contribution in [2.45, 2.75) is 19.9 Å². The minimum Gasteiger partial charge on any atom is -0.320 e. The number of halogens is 2. The van der Waals surface area contributed by atoms with Crippen molar-refractivity contribution in [3.8, 4) is 0 Å². The molecule has 2 aromatic rings. The molecule has 0 bridgehead atoms. The van der Waals surface area contributed by atoms with Gasteiger partial charge in [-0.05, 0) is 42.7 Å². The van der Waals surface area contributed by atoms with Crippen LogP contribution in [0.25, 0.3) is 0 Å². The number of nitrogens with two attached hydrogens (primary N) is 1. The molecule has 94 valence electrons. The Labute approximate surface area is 111 Å². The van der Waals surface area contributed by atoms with Crippen molar-refractivity contribution in [1.29, 1.82) is 0 Å². The van der Waals surface area contributed by atoms with Crippen LogP contribution >= 0.6 is 11.6 Å². The summed E-state index contributed by atoms with van der Waals surface area (Å²) >= 11 is 6.20. The van der Waals surface area contributed by atoms with E-state index in [0.717, 1.165) is 16.7 Å². The predicted octanol–water partition coefficient (Wildman–Crippen LogP) is 4.14. The summed E-state index contributed by atoms with van der Waals surface area (Å²) in [6.07, 6.45) is 0. The van der Waals surface area contributed by atoms with E-state index < -0.39 is 6.04 Å². The number of benzene rings is 2. The lowest BCUT2D eigenvalue weighted by atomic mass is 9.96. The van der Waals surface area contributed by atoms with Crippen molar-refractivity contribution in [2.24, 2.45) is 5.73 Å². The van der Waals surface area contributed by atoms with E-state index >= 15 is 0 Å². The third-order valence-corrected chi connectivity index (χ3v) is 3.52. The Morgan fingerprint density at radius 1 is 1.06 bits per heavy atom. The Morgan fingerprint density at radius 3 is 2.33 bits per heavy atom. The predicted molar refractivity (Wildman–Crippen MR) is 73.4 cm³/mol. The average molecular weight is 264 g/mol. The van der Waals surface area contributed by atoms with Gasteiger partial charge in [0.05, 0.1) is 6.04 Å². The van der Waals surface area contributed by atoms with E-state index in [-0.39, 0.29) is 5.82 Å². The van der Waals surface area contributed by atoms with Crippen molar-refractivity contribution >= 4 is 11.6 Å². The molecule has 2 N–H and O–H groups in total. The Bertz CT molecular complexity index is 581. The maximum absolute atomic E-state index is 13.7. The van der Waals surface area contributed by atoms with Gasteiger partial charge in [0.1, 0.15) is 5.82 Å². The molecule has 3 heteroatoms. The van der Waals surface area contributed by atoms with Crippen molar-refractivity contribution in [3.05, 3.63) is 69.5 Å². The van der Waals surface area contributed by atoms with Gasteiger partial charge in [0, 0.05) is 10.6 Å². The van der Waals surface area contributed by atoms with Crippen LogP contribution in [0.3, 0.4) is 0 Å². The highest BCUT2D eigenvalue weighted by molar-refractivity contribution is 6.31. The highest BCUT2D eigenvalue weighted by atomic mass is 35.5. The van der Waals surface area contributed by atoms with Crippen LogP contribution in [0.15, 0.2) is 36.4 Å². The molecular formula is C15H15ClFN. The molecule has 0 spiro atoms. The Kier molecular flexibility index (Phi) is 3.69. The molecule has 2 rings (SSSR count). The first-order chi connectivity index (χ1) is 8.50. The zero-order valence-corrected chi connectivity index (χ0v) is 11.1. The number of hydrogen-bond donors (Lipinski definition) is 1. The van der Waals surface area contributed by atoms with Gasteiger partial charge in [-0.15, -0.1) is 0 Å². The van der Waals surface area contributed by atoms with Crippen LogP contribution in [0.2, 0.25) is 5.02 Å². The van der Waals surface area contributed by atoms with Gasteiger partial charge in [-0.1, -0.05) is 35.9 Å². The standard InChI is InChI=1S/C15H15ClFN/c1-9-7-12(13(16)8-10(9)2)15(18)11-5-3-4-6-14(11)17/h3-8,15H,18H2,1-2H3. The molecular weight excluding hydrogens is 249 g/mol. The van der Waals surface area contributed by atoms with E-state index in [9.17, 15) is 4.39 Å². The molecule has 0 aliphatic carbocycles. The topological polar surface area (TPSA) is 26.0 Å². The highest BCUT2D eigenvalue weighted by Gasteiger charge is 2.16. The first-order valence-corrected chi connectivity index (χ1v) is 6.15. The van der Waals surface area contributed by atoms with Gasteiger partial charge in [-0.3, -0.25) is 0 Å². The number of hydrogen-bond acceptors (Lipinski definition) is 1. The first kappa shape index (κ1) is 13.1. The molecule has 0 aromatic heterocycles. The average Bonchev–Trinajstić information content (AvgIpc) is 2.33. The van der Waals surface area contributed by atoms with Crippen molar-refractivity contribution < 1.29 is 4.39 Å². The lowest BCUT2D eigenvalue weighted by molar-refractivity contribution is 0.599. The van der Waals surface area contributed by atoms with Gasteiger partial charge in [-0.25, -0.2) is 4.39 Å². The summed E-state index contributed by atoms with van der Waals surface area (Å²) in [4.78, 5) is 0. The van der Waals surface area contributed by atoms with Gasteiger partial charge < -0.3 is 5.73 Å². The van der Waals surface area contributed by atoms with Crippen LogP contribution in [0.4, 0.5) is 4.39 Å². The summed E-state index contributed by atoms with van der Waals surface area (Å²) in [6, 6.07) is 9.76. The molecule has 0 aliphatic rings. The van der Waals surface area contributed by atoms with Crippen LogP contribution in [0, 0.1) is 19.7 Å². The van der Waals surface area contributed by atoms with Crippen molar-refractivity contribution in [3.63, 3.8) is 0 Å². The second kappa shape index (κ2) is 5.09. The summed E-state index contributed by atoms with van der Waals surface area (Å²) in [7, 11) is 0. The minimum absolute atomic E-state index is 0.306. The quantitative estimate of drug-likeness (QED) is 0.866. The fourth-order valence-corrected chi connectivity index (χ4v) is 2.27. The number of rotatable bonds is 2. The zero-order valence-electron chi connectivity index (χ0n) is 10.4. The molecule has 0 aliphatic heterocycles. The molecule has 2 aromatic carbocycles. The SMILES string of the molecule is Cc1cc(Cl)c(C(N)c2ccccc2F)cc1C. The second-order valence-corrected chi connectivity index (χ2v) is 4.86. The number of aryl methyl sites for hydroxylation is 2. The van der Waals surface area contributed by atoms with Crippen LogP contribution in [0.5, 0.6) is 0 Å². The van der Waals surface area contributed by atoms with Crippen LogP contribution < -0.4 is 5.73 Å². The summed E-state index contributed by atoms with van der Waals surface area (Å²) < 4.78 is 13.7. The van der Waals surface area contributed by atoms with E-state index in [1.54, 1.807) is 18.2 Å². The van der Waals surface area contributed by atoms with E-state index in [4.69, 9.17) is 17.3 Å². The smallest absolute Gasteiger partial charge is 0.128 e. The van der Waals surface area contributed by atoms with E-state index in [1.165, 1.54) is 6.07 Å². The molecule has 0 radical (unpaired) electrons. The van der Waals surface area contributed by atoms with Crippen LogP contribution in [-0.4, -0.2) is 0 Å². The largest absolute Gasteiger partial charge is 0.320 e. The van der Waals surface area contributed by atoms with Gasteiger partial charge in [0.15, 0.2) is 0 Å². The Morgan fingerprint density at radius 2 is 1.67 bits per heavy atom. The lowest BCUT2D eigenvalue weighted by Gasteiger charge is -2.16. The molecule has 18 heavy (non-hydrogen) atoms. The highest BCUT2D eigenvalue weighted by Crippen LogP contribution is 2.30. The summed E-state index contributed by atoms with van der Waals surface area (Å²) in [5.41, 5.74) is 9.53. The second-order valence-electron chi connectivity index (χ2n) is 4.46. The normalized spacial score (nSPS) is 12.5. The monoisotopic (exact) mass is 263 g/mol. The zero-order chi connectivity index (χ0) is 13.3. The minimum atomic E-state index is -0.544. The lowest BCUT2D eigenvalue weighted by Crippen LogP contribution is -2.14. The van der Waals surface area contributed by atoms with E-state index in [2.05, 4.69) is 0 Å². The Balaban J connectivity index is 2.50. The van der Waals surface area contributed by atoms with Gasteiger partial charge in [0.25, 0.3) is 0 Å². The van der Waals surface area contributed by atoms with Gasteiger partial charge in [-0.2, -0.15) is 0 Å². The van der Waals surface area contributed by atoms with Gasteiger partial charge in [0.2, 0.25) is 0 Å². The third kappa shape index (κ3) is 2.40. The molecule has 0 amide bonds.